The SMILES string of the molecule is CCCCCCCCCCCCCC(=O)C[C@H](CCCCNC(=O)CCCCCCCCCCCCC)C(=O)NCCCOCCOCCOCCCNC(=O)CCOCCOCCOCCOCCOCCC.CCCCCCCCCCCCCC(=O)C[C@H](CCCCNC(=O)CCCCCCCCCCCCC)C(=O)NCCCOCCOCCOCCCNC(C)=O. The van der Waals surface area contributed by atoms with Crippen LogP contribution in [0.4, 0.5) is 0 Å². The van der Waals surface area contributed by atoms with Crippen molar-refractivity contribution in [3.63, 3.8) is 0 Å². The number of carbonyl (C=O) groups is 8. The van der Waals surface area contributed by atoms with Gasteiger partial charge in [0.25, 0.3) is 0 Å². The maximum atomic E-state index is 13.3. The molecule has 0 radical (unpaired) electrons. The van der Waals surface area contributed by atoms with Gasteiger partial charge in [0.15, 0.2) is 0 Å². The predicted octanol–water partition coefficient (Wildman–Crippen LogP) is 21.5. The summed E-state index contributed by atoms with van der Waals surface area (Å²) in [7, 11) is 0. The van der Waals surface area contributed by atoms with E-state index in [1.54, 1.807) is 0 Å². The standard InChI is InChI=1S/C59H115N3O12.C47H91N3O7/c1-4-7-9-11-13-15-17-19-21-23-25-32-56(63)54-55(31-27-28-35-60-57(64)33-26-24-22-20-18-16-14-12-10-8-5-2)59(66)62-37-30-40-69-44-48-72-47-43-68-39-29-36-61-58(65)34-41-70-45-49-73-51-53-74-52-50-71-46-42-67-38-6-3;1-4-6-8-10-12-14-16-18-20-22-24-31-45(52)42-44(30-26-27-33-49-46(53)32-25-23-21-19-17-15-13-11-9-7-5-2)47(54)50-35-29-37-56-39-41-57-40-38-55-36-28-34-48-43(3)51/h55H,4-54H2,1-3H3,(H,60,64)(H,61,65)(H,62,66);44H,4-42H2,1-3H3,(H,48,51)(H,49,53)(H,50,54)/t55-;44-/m00/s1. The van der Waals surface area contributed by atoms with Crippen molar-refractivity contribution in [2.75, 3.05) is 185 Å². The molecular weight excluding hydrogens is 1660 g/mol. The summed E-state index contributed by atoms with van der Waals surface area (Å²) < 4.78 is 60.8. The quantitative estimate of drug-likeness (QED) is 0.0308. The number of carbonyl (C=O) groups excluding carboxylic acids is 8. The average Bonchev–Trinajstić information content (AvgIpc) is 0.924. The lowest BCUT2D eigenvalue weighted by molar-refractivity contribution is -0.129. The highest BCUT2D eigenvalue weighted by Crippen LogP contribution is 2.22. The minimum atomic E-state index is -0.352. The van der Waals surface area contributed by atoms with Gasteiger partial charge in [-0.25, -0.2) is 0 Å². The molecule has 0 aliphatic carbocycles. The van der Waals surface area contributed by atoms with E-state index in [-0.39, 0.29) is 65.3 Å². The van der Waals surface area contributed by atoms with Crippen LogP contribution < -0.4 is 31.9 Å². The molecular formula is C106H206N6O19. The minimum Gasteiger partial charge on any atom is -0.379 e. The second-order valence-electron chi connectivity index (χ2n) is 36.0. The fraction of sp³-hybridized carbons (Fsp3) is 0.925. The molecule has 0 aliphatic rings. The molecule has 0 unspecified atom stereocenters. The molecule has 25 nitrogen and oxygen atoms in total. The number of rotatable bonds is 109. The number of Topliss-reactive ketones (excluding diaryl/α,β-unsaturated/α-hetero) is 2. The zero-order valence-corrected chi connectivity index (χ0v) is 85.6. The number of nitrogens with one attached hydrogen (secondary N) is 6. The van der Waals surface area contributed by atoms with E-state index in [9.17, 15) is 38.4 Å². The lowest BCUT2D eigenvalue weighted by atomic mass is 9.93. The van der Waals surface area contributed by atoms with Crippen LogP contribution in [0.5, 0.6) is 0 Å². The number of ketones is 2. The van der Waals surface area contributed by atoms with Crippen molar-refractivity contribution in [2.45, 2.75) is 440 Å². The summed E-state index contributed by atoms with van der Waals surface area (Å²) in [5.41, 5.74) is 0. The molecule has 6 N–H and O–H groups in total. The monoisotopic (exact) mass is 1870 g/mol. The topological polar surface area (TPSA) is 310 Å². The summed E-state index contributed by atoms with van der Waals surface area (Å²) >= 11 is 0. The molecule has 2 atom stereocenters. The summed E-state index contributed by atoms with van der Waals surface area (Å²) in [6.07, 6.45) is 66.7. The van der Waals surface area contributed by atoms with E-state index in [1.165, 1.54) is 238 Å². The Morgan fingerprint density at radius 2 is 0.389 bits per heavy atom. The van der Waals surface area contributed by atoms with Crippen LogP contribution in [0.2, 0.25) is 0 Å². The molecule has 0 rings (SSSR count). The fourth-order valence-electron chi connectivity index (χ4n) is 15.3. The second-order valence-corrected chi connectivity index (χ2v) is 36.0. The highest BCUT2D eigenvalue weighted by molar-refractivity contribution is 5.87. The van der Waals surface area contributed by atoms with Crippen LogP contribution in [0.1, 0.15) is 440 Å². The Hall–Kier alpha value is -4.28. The first-order chi connectivity index (χ1) is 64.3. The number of unbranched alkanes of at least 4 members (excludes halogenated alkanes) is 42. The lowest BCUT2D eigenvalue weighted by Crippen LogP contribution is -2.33. The molecule has 0 aliphatic heterocycles. The summed E-state index contributed by atoms with van der Waals surface area (Å²) in [6.45, 7) is 27.0. The van der Waals surface area contributed by atoms with E-state index in [0.717, 1.165) is 96.5 Å². The number of hydrogen-bond donors (Lipinski definition) is 6. The van der Waals surface area contributed by atoms with Gasteiger partial charge in [-0.05, 0) is 83.5 Å². The van der Waals surface area contributed by atoms with E-state index in [4.69, 9.17) is 52.1 Å². The first-order valence-corrected chi connectivity index (χ1v) is 54.3. The summed E-state index contributed by atoms with van der Waals surface area (Å²) in [5.74, 6) is -0.290. The van der Waals surface area contributed by atoms with Crippen LogP contribution in [0, 0.1) is 11.8 Å². The molecule has 0 saturated carbocycles. The molecule has 25 heteroatoms. The van der Waals surface area contributed by atoms with Crippen LogP contribution >= 0.6 is 0 Å². The van der Waals surface area contributed by atoms with Crippen LogP contribution in [-0.4, -0.2) is 232 Å². The Morgan fingerprint density at radius 1 is 0.183 bits per heavy atom. The van der Waals surface area contributed by atoms with Crippen molar-refractivity contribution >= 4 is 47.0 Å². The molecule has 0 heterocycles. The van der Waals surface area contributed by atoms with Crippen LogP contribution in [0.25, 0.3) is 0 Å². The van der Waals surface area contributed by atoms with Gasteiger partial charge in [0, 0.05) is 136 Å². The molecule has 0 saturated heterocycles. The molecule has 0 spiro atoms. The van der Waals surface area contributed by atoms with E-state index in [1.807, 2.05) is 0 Å². The van der Waals surface area contributed by atoms with Gasteiger partial charge in [0.2, 0.25) is 35.4 Å². The molecule has 0 fully saturated rings. The largest absolute Gasteiger partial charge is 0.379 e. The van der Waals surface area contributed by atoms with E-state index < -0.39 is 0 Å². The molecule has 131 heavy (non-hydrogen) atoms. The zero-order chi connectivity index (χ0) is 95.4. The third-order valence-electron chi connectivity index (χ3n) is 23.4. The Bertz CT molecular complexity index is 2440. The van der Waals surface area contributed by atoms with Gasteiger partial charge in [0.1, 0.15) is 11.6 Å². The molecule has 0 bridgehead atoms. The van der Waals surface area contributed by atoms with Crippen molar-refractivity contribution in [3.8, 4) is 0 Å². The van der Waals surface area contributed by atoms with Crippen LogP contribution in [0.15, 0.2) is 0 Å². The van der Waals surface area contributed by atoms with Crippen LogP contribution in [-0.2, 0) is 90.5 Å². The van der Waals surface area contributed by atoms with Crippen molar-refractivity contribution < 1.29 is 90.5 Å². The number of amides is 6. The number of hydrogen-bond acceptors (Lipinski definition) is 19. The maximum Gasteiger partial charge on any atom is 0.223 e. The van der Waals surface area contributed by atoms with Crippen molar-refractivity contribution in [1.82, 2.24) is 31.9 Å². The second kappa shape index (κ2) is 111. The third kappa shape index (κ3) is 108. The van der Waals surface area contributed by atoms with Crippen molar-refractivity contribution in [1.29, 1.82) is 0 Å². The van der Waals surface area contributed by atoms with E-state index >= 15 is 0 Å². The van der Waals surface area contributed by atoms with Gasteiger partial charge in [-0.2, -0.15) is 0 Å². The van der Waals surface area contributed by atoms with Crippen LogP contribution in [0.3, 0.4) is 0 Å². The third-order valence-corrected chi connectivity index (χ3v) is 23.4. The van der Waals surface area contributed by atoms with Gasteiger partial charge >= 0.3 is 0 Å². The Labute approximate surface area is 801 Å². The highest BCUT2D eigenvalue weighted by atomic mass is 16.6. The Kier molecular flexibility index (Phi) is 109. The van der Waals surface area contributed by atoms with Crippen molar-refractivity contribution in [3.05, 3.63) is 0 Å². The molecule has 6 amide bonds. The molecule has 0 aromatic heterocycles. The molecule has 0 aromatic carbocycles. The maximum absolute atomic E-state index is 13.3. The van der Waals surface area contributed by atoms with E-state index in [0.29, 0.717) is 249 Å². The lowest BCUT2D eigenvalue weighted by Gasteiger charge is -2.17. The predicted molar refractivity (Wildman–Crippen MR) is 534 cm³/mol. The van der Waals surface area contributed by atoms with E-state index in [2.05, 4.69) is 66.5 Å². The summed E-state index contributed by atoms with van der Waals surface area (Å²) in [4.78, 5) is 100. The minimum absolute atomic E-state index is 0.0315. The Balaban J connectivity index is 0. The smallest absolute Gasteiger partial charge is 0.223 e. The van der Waals surface area contributed by atoms with Gasteiger partial charge in [-0.15, -0.1) is 0 Å². The Morgan fingerprint density at radius 3 is 0.649 bits per heavy atom. The summed E-state index contributed by atoms with van der Waals surface area (Å²) in [5, 5.41) is 17.9. The number of ether oxygens (including phenoxy) is 11. The molecule has 774 valence electrons. The fourth-order valence-corrected chi connectivity index (χ4v) is 15.3. The van der Waals surface area contributed by atoms with Gasteiger partial charge in [0.05, 0.1) is 112 Å². The van der Waals surface area contributed by atoms with Gasteiger partial charge in [-0.3, -0.25) is 38.4 Å². The average molecular weight is 1870 g/mol. The van der Waals surface area contributed by atoms with Crippen molar-refractivity contribution in [2.24, 2.45) is 11.8 Å². The zero-order valence-electron chi connectivity index (χ0n) is 85.6. The first-order valence-electron chi connectivity index (χ1n) is 54.3. The van der Waals surface area contributed by atoms with Gasteiger partial charge < -0.3 is 84.0 Å². The van der Waals surface area contributed by atoms with Gasteiger partial charge in [-0.1, -0.05) is 304 Å². The summed E-state index contributed by atoms with van der Waals surface area (Å²) in [6, 6.07) is 0. The first kappa shape index (κ1) is 129. The highest BCUT2D eigenvalue weighted by Gasteiger charge is 2.23. The molecule has 0 aromatic rings. The normalized spacial score (nSPS) is 11.8.